The Morgan fingerprint density at radius 3 is 2.76 bits per heavy atom. The van der Waals surface area contributed by atoms with Crippen molar-refractivity contribution in [2.75, 3.05) is 0 Å². The Hall–Kier alpha value is -1.62. The third-order valence-corrected chi connectivity index (χ3v) is 5.81. The van der Waals surface area contributed by atoms with Crippen LogP contribution in [-0.2, 0) is 20.8 Å². The number of hydrogen-bond donors (Lipinski definition) is 1. The van der Waals surface area contributed by atoms with Gasteiger partial charge in [-0.3, -0.25) is 19.7 Å². The molecule has 1 aliphatic heterocycles. The molecule has 3 atom stereocenters. The van der Waals surface area contributed by atoms with Crippen molar-refractivity contribution in [1.82, 2.24) is 5.32 Å². The molecule has 1 saturated carbocycles. The fourth-order valence-corrected chi connectivity index (χ4v) is 4.88. The molecule has 1 aromatic rings. The van der Waals surface area contributed by atoms with Crippen molar-refractivity contribution in [3.05, 3.63) is 35.9 Å². The van der Waals surface area contributed by atoms with Crippen LogP contribution in [0.15, 0.2) is 30.3 Å². The van der Waals surface area contributed by atoms with E-state index in [9.17, 15) is 14.4 Å². The SMILES string of the molecule is CC1CC[C@]2(SC(=O)Cc3ccccc3)C(=O)NC(=O)[C@H]12. The Kier molecular flexibility index (Phi) is 3.61. The second-order valence-corrected chi connectivity index (χ2v) is 7.23. The first-order valence-corrected chi connectivity index (χ1v) is 7.95. The van der Waals surface area contributed by atoms with Crippen molar-refractivity contribution in [2.24, 2.45) is 11.8 Å². The molecule has 0 aromatic heterocycles. The van der Waals surface area contributed by atoms with Gasteiger partial charge in [-0.1, -0.05) is 49.0 Å². The predicted octanol–water partition coefficient (Wildman–Crippen LogP) is 1.93. The number of benzene rings is 1. The number of imide groups is 1. The second kappa shape index (κ2) is 5.30. The third-order valence-electron chi connectivity index (χ3n) is 4.43. The Labute approximate surface area is 127 Å². The first-order chi connectivity index (χ1) is 10.0. The van der Waals surface area contributed by atoms with Crippen molar-refractivity contribution in [1.29, 1.82) is 0 Å². The van der Waals surface area contributed by atoms with Crippen LogP contribution in [0.3, 0.4) is 0 Å². The summed E-state index contributed by atoms with van der Waals surface area (Å²) in [5, 5.41) is 2.36. The lowest BCUT2D eigenvalue weighted by Crippen LogP contribution is -2.38. The molecular weight excluding hydrogens is 286 g/mol. The molecule has 1 aromatic carbocycles. The highest BCUT2D eigenvalue weighted by molar-refractivity contribution is 8.15. The standard InChI is InChI=1S/C16H17NO3S/c1-10-7-8-16(13(10)14(19)17-15(16)20)21-12(18)9-11-5-3-2-4-6-11/h2-6,10,13H,7-9H2,1H3,(H,17,19,20)/t10?,13-,16+/m0/s1. The first kappa shape index (κ1) is 14.3. The Morgan fingerprint density at radius 2 is 2.05 bits per heavy atom. The van der Waals surface area contributed by atoms with Gasteiger partial charge < -0.3 is 0 Å². The van der Waals surface area contributed by atoms with Gasteiger partial charge in [0.15, 0.2) is 5.12 Å². The fraction of sp³-hybridized carbons (Fsp3) is 0.438. The van der Waals surface area contributed by atoms with Gasteiger partial charge in [0.25, 0.3) is 0 Å². The monoisotopic (exact) mass is 303 g/mol. The van der Waals surface area contributed by atoms with Crippen LogP contribution in [0.25, 0.3) is 0 Å². The molecule has 1 heterocycles. The summed E-state index contributed by atoms with van der Waals surface area (Å²) < 4.78 is -0.873. The number of carbonyl (C=O) groups is 3. The zero-order chi connectivity index (χ0) is 15.0. The van der Waals surface area contributed by atoms with Crippen LogP contribution in [0.2, 0.25) is 0 Å². The van der Waals surface area contributed by atoms with Crippen molar-refractivity contribution in [2.45, 2.75) is 30.9 Å². The fourth-order valence-electron chi connectivity index (χ4n) is 3.41. The van der Waals surface area contributed by atoms with E-state index in [1.165, 1.54) is 0 Å². The number of hydrogen-bond acceptors (Lipinski definition) is 4. The van der Waals surface area contributed by atoms with E-state index in [0.717, 1.165) is 23.7 Å². The molecule has 0 radical (unpaired) electrons. The average Bonchev–Trinajstić information content (AvgIpc) is 2.89. The molecule has 3 rings (SSSR count). The van der Waals surface area contributed by atoms with E-state index < -0.39 is 4.75 Å². The molecule has 21 heavy (non-hydrogen) atoms. The van der Waals surface area contributed by atoms with Gasteiger partial charge in [-0.15, -0.1) is 0 Å². The highest BCUT2D eigenvalue weighted by Gasteiger charge is 2.61. The summed E-state index contributed by atoms with van der Waals surface area (Å²) >= 11 is 1.06. The summed E-state index contributed by atoms with van der Waals surface area (Å²) in [6.45, 7) is 1.98. The number of carbonyl (C=O) groups excluding carboxylic acids is 3. The van der Waals surface area contributed by atoms with Crippen molar-refractivity contribution < 1.29 is 14.4 Å². The summed E-state index contributed by atoms with van der Waals surface area (Å²) in [6.07, 6.45) is 1.70. The molecule has 1 aliphatic carbocycles. The van der Waals surface area contributed by atoms with Crippen LogP contribution in [0, 0.1) is 11.8 Å². The molecule has 110 valence electrons. The summed E-state index contributed by atoms with van der Waals surface area (Å²) in [5.41, 5.74) is 0.929. The summed E-state index contributed by atoms with van der Waals surface area (Å²) in [5.74, 6) is -0.721. The van der Waals surface area contributed by atoms with Gasteiger partial charge in [0, 0.05) is 6.42 Å². The van der Waals surface area contributed by atoms with Gasteiger partial charge in [0.05, 0.1) is 5.92 Å². The lowest BCUT2D eigenvalue weighted by Gasteiger charge is -2.24. The van der Waals surface area contributed by atoms with Crippen LogP contribution in [0.1, 0.15) is 25.3 Å². The quantitative estimate of drug-likeness (QED) is 0.867. The van der Waals surface area contributed by atoms with E-state index in [0.29, 0.717) is 6.42 Å². The molecule has 2 fully saturated rings. The molecule has 1 N–H and O–H groups in total. The van der Waals surface area contributed by atoms with Crippen LogP contribution < -0.4 is 5.32 Å². The topological polar surface area (TPSA) is 63.2 Å². The second-order valence-electron chi connectivity index (χ2n) is 5.84. The molecule has 1 saturated heterocycles. The predicted molar refractivity (Wildman–Crippen MR) is 80.5 cm³/mol. The lowest BCUT2D eigenvalue weighted by atomic mass is 9.92. The molecule has 0 bridgehead atoms. The van der Waals surface area contributed by atoms with Gasteiger partial charge in [0.2, 0.25) is 11.8 Å². The average molecular weight is 303 g/mol. The maximum absolute atomic E-state index is 12.3. The molecule has 2 amide bonds. The number of amides is 2. The van der Waals surface area contributed by atoms with Crippen molar-refractivity contribution in [3.8, 4) is 0 Å². The van der Waals surface area contributed by atoms with E-state index in [1.54, 1.807) is 0 Å². The third kappa shape index (κ3) is 2.39. The minimum atomic E-state index is -0.873. The molecular formula is C16H17NO3S. The summed E-state index contributed by atoms with van der Waals surface area (Å²) in [6, 6.07) is 9.46. The Bertz CT molecular complexity index is 601. The lowest BCUT2D eigenvalue weighted by molar-refractivity contribution is -0.126. The van der Waals surface area contributed by atoms with Gasteiger partial charge in [-0.25, -0.2) is 0 Å². The number of nitrogens with one attached hydrogen (secondary N) is 1. The molecule has 0 spiro atoms. The van der Waals surface area contributed by atoms with E-state index >= 15 is 0 Å². The van der Waals surface area contributed by atoms with Crippen LogP contribution in [0.4, 0.5) is 0 Å². The van der Waals surface area contributed by atoms with Crippen LogP contribution in [0.5, 0.6) is 0 Å². The molecule has 4 nitrogen and oxygen atoms in total. The minimum Gasteiger partial charge on any atom is -0.295 e. The van der Waals surface area contributed by atoms with Crippen LogP contribution in [-0.4, -0.2) is 21.7 Å². The van der Waals surface area contributed by atoms with E-state index in [2.05, 4.69) is 5.32 Å². The largest absolute Gasteiger partial charge is 0.295 e. The Balaban J connectivity index is 1.78. The smallest absolute Gasteiger partial charge is 0.244 e. The zero-order valence-corrected chi connectivity index (χ0v) is 12.6. The highest BCUT2D eigenvalue weighted by atomic mass is 32.2. The number of fused-ring (bicyclic) bond motifs is 1. The number of thioether (sulfide) groups is 1. The zero-order valence-electron chi connectivity index (χ0n) is 11.8. The minimum absolute atomic E-state index is 0.0508. The number of rotatable bonds is 3. The maximum Gasteiger partial charge on any atom is 0.244 e. The normalized spacial score (nSPS) is 31.1. The molecule has 5 heteroatoms. The molecule has 1 unspecified atom stereocenters. The van der Waals surface area contributed by atoms with Gasteiger partial charge >= 0.3 is 0 Å². The Morgan fingerprint density at radius 1 is 1.33 bits per heavy atom. The van der Waals surface area contributed by atoms with E-state index in [4.69, 9.17) is 0 Å². The molecule has 2 aliphatic rings. The van der Waals surface area contributed by atoms with Gasteiger partial charge in [0.1, 0.15) is 4.75 Å². The van der Waals surface area contributed by atoms with Crippen molar-refractivity contribution in [3.63, 3.8) is 0 Å². The highest BCUT2D eigenvalue weighted by Crippen LogP contribution is 2.52. The van der Waals surface area contributed by atoms with Gasteiger partial charge in [-0.2, -0.15) is 0 Å². The van der Waals surface area contributed by atoms with E-state index in [1.807, 2.05) is 37.3 Å². The van der Waals surface area contributed by atoms with Crippen molar-refractivity contribution >= 4 is 28.7 Å². The van der Waals surface area contributed by atoms with Crippen LogP contribution >= 0.6 is 11.8 Å². The maximum atomic E-state index is 12.3. The summed E-state index contributed by atoms with van der Waals surface area (Å²) in [7, 11) is 0. The first-order valence-electron chi connectivity index (χ1n) is 7.14. The van der Waals surface area contributed by atoms with Gasteiger partial charge in [-0.05, 0) is 24.3 Å². The summed E-state index contributed by atoms with van der Waals surface area (Å²) in [4.78, 5) is 36.5. The van der Waals surface area contributed by atoms with E-state index in [-0.39, 0.29) is 35.2 Å².